The van der Waals surface area contributed by atoms with Crippen LogP contribution in [-0.4, -0.2) is 30.6 Å². The lowest BCUT2D eigenvalue weighted by Gasteiger charge is -2.14. The van der Waals surface area contributed by atoms with Gasteiger partial charge in [-0.05, 0) is 40.5 Å². The Morgan fingerprint density at radius 1 is 1.03 bits per heavy atom. The van der Waals surface area contributed by atoms with Gasteiger partial charge in [-0.15, -0.1) is 0 Å². The number of carbonyl (C=O) groups is 2. The summed E-state index contributed by atoms with van der Waals surface area (Å²) in [7, 11) is 0. The normalized spacial score (nSPS) is 11.6. The van der Waals surface area contributed by atoms with Gasteiger partial charge < -0.3 is 15.2 Å². The van der Waals surface area contributed by atoms with E-state index in [1.165, 1.54) is 23.3 Å². The second-order valence-corrected chi connectivity index (χ2v) is 6.87. The summed E-state index contributed by atoms with van der Waals surface area (Å²) in [4.78, 5) is 23.2. The van der Waals surface area contributed by atoms with Crippen molar-refractivity contribution in [1.29, 1.82) is 0 Å². The third kappa shape index (κ3) is 3.89. The topological polar surface area (TPSA) is 75.6 Å². The van der Waals surface area contributed by atoms with Gasteiger partial charge in [-0.25, -0.2) is 4.79 Å². The molecular formula is C25H19NO4. The van der Waals surface area contributed by atoms with Gasteiger partial charge in [0.2, 0.25) is 0 Å². The van der Waals surface area contributed by atoms with Crippen LogP contribution in [0, 0.1) is 11.8 Å². The number of benzene rings is 3. The van der Waals surface area contributed by atoms with E-state index in [0.717, 1.165) is 11.1 Å². The zero-order chi connectivity index (χ0) is 20.9. The van der Waals surface area contributed by atoms with Crippen LogP contribution in [0.5, 0.6) is 5.75 Å². The zero-order valence-corrected chi connectivity index (χ0v) is 16.1. The van der Waals surface area contributed by atoms with E-state index in [1.54, 1.807) is 6.07 Å². The smallest absolute Gasteiger partial charge is 0.407 e. The standard InChI is InChI=1S/C25H19NO4/c27-15-18-14-19(28)12-11-17(18)6-5-13-26-25(29)30-16-24-22-9-3-1-7-20(22)21-8-2-4-10-23(21)24/h1-4,7-12,14-15,24,28H,13,16H2,(H,26,29). The van der Waals surface area contributed by atoms with E-state index in [2.05, 4.69) is 41.4 Å². The Hall–Kier alpha value is -4.04. The number of fused-ring (bicyclic) bond motifs is 3. The predicted molar refractivity (Wildman–Crippen MR) is 113 cm³/mol. The first-order chi connectivity index (χ1) is 14.7. The molecule has 1 amide bonds. The molecule has 1 aliphatic rings. The summed E-state index contributed by atoms with van der Waals surface area (Å²) in [5, 5.41) is 12.0. The molecule has 0 fully saturated rings. The van der Waals surface area contributed by atoms with Crippen LogP contribution in [0.25, 0.3) is 11.1 Å². The quantitative estimate of drug-likeness (QED) is 0.514. The molecule has 0 atom stereocenters. The molecule has 5 nitrogen and oxygen atoms in total. The second-order valence-electron chi connectivity index (χ2n) is 6.87. The summed E-state index contributed by atoms with van der Waals surface area (Å²) in [6, 6.07) is 20.6. The summed E-state index contributed by atoms with van der Waals surface area (Å²) in [6.45, 7) is 0.316. The van der Waals surface area contributed by atoms with Crippen LogP contribution in [0.3, 0.4) is 0 Å². The number of nitrogens with one attached hydrogen (secondary N) is 1. The summed E-state index contributed by atoms with van der Waals surface area (Å²) in [6.07, 6.45) is 0.0791. The third-order valence-electron chi connectivity index (χ3n) is 5.05. The summed E-state index contributed by atoms with van der Waals surface area (Å²) in [5.74, 6) is 5.59. The van der Waals surface area contributed by atoms with Crippen LogP contribution in [-0.2, 0) is 4.74 Å². The highest BCUT2D eigenvalue weighted by molar-refractivity contribution is 5.80. The van der Waals surface area contributed by atoms with Gasteiger partial charge in [-0.3, -0.25) is 4.79 Å². The summed E-state index contributed by atoms with van der Waals surface area (Å²) < 4.78 is 5.45. The lowest BCUT2D eigenvalue weighted by molar-refractivity contribution is 0.112. The van der Waals surface area contributed by atoms with Crippen LogP contribution in [0.15, 0.2) is 66.7 Å². The maximum atomic E-state index is 12.1. The number of alkyl carbamates (subject to hydrolysis) is 1. The van der Waals surface area contributed by atoms with E-state index in [9.17, 15) is 14.7 Å². The minimum absolute atomic E-state index is 0.000544. The molecule has 0 radical (unpaired) electrons. The van der Waals surface area contributed by atoms with Crippen molar-refractivity contribution in [2.75, 3.05) is 13.2 Å². The summed E-state index contributed by atoms with van der Waals surface area (Å²) >= 11 is 0. The number of aromatic hydroxyl groups is 1. The van der Waals surface area contributed by atoms with Crippen molar-refractivity contribution in [1.82, 2.24) is 5.32 Å². The number of hydrogen-bond acceptors (Lipinski definition) is 4. The molecule has 0 saturated heterocycles. The maximum Gasteiger partial charge on any atom is 0.407 e. The predicted octanol–water partition coefficient (Wildman–Crippen LogP) is 4.09. The molecule has 0 heterocycles. The fraction of sp³-hybridized carbons (Fsp3) is 0.120. The van der Waals surface area contributed by atoms with Crippen LogP contribution in [0.2, 0.25) is 0 Å². The number of amides is 1. The van der Waals surface area contributed by atoms with Crippen molar-refractivity contribution in [3.63, 3.8) is 0 Å². The van der Waals surface area contributed by atoms with E-state index in [1.807, 2.05) is 24.3 Å². The van der Waals surface area contributed by atoms with Gasteiger partial charge in [0.15, 0.2) is 6.29 Å². The Balaban J connectivity index is 1.36. The highest BCUT2D eigenvalue weighted by Gasteiger charge is 2.28. The van der Waals surface area contributed by atoms with E-state index < -0.39 is 6.09 Å². The Bertz CT molecular complexity index is 1130. The molecular weight excluding hydrogens is 378 g/mol. The maximum absolute atomic E-state index is 12.1. The first-order valence-corrected chi connectivity index (χ1v) is 9.53. The number of phenolic OH excluding ortho intramolecular Hbond substituents is 1. The highest BCUT2D eigenvalue weighted by atomic mass is 16.5. The monoisotopic (exact) mass is 397 g/mol. The lowest BCUT2D eigenvalue weighted by atomic mass is 9.98. The van der Waals surface area contributed by atoms with Crippen molar-refractivity contribution >= 4 is 12.4 Å². The van der Waals surface area contributed by atoms with Crippen molar-refractivity contribution < 1.29 is 19.4 Å². The second kappa shape index (κ2) is 8.54. The molecule has 4 rings (SSSR count). The molecule has 0 aromatic heterocycles. The highest BCUT2D eigenvalue weighted by Crippen LogP contribution is 2.44. The van der Waals surface area contributed by atoms with Crippen molar-refractivity contribution in [3.05, 3.63) is 89.0 Å². The van der Waals surface area contributed by atoms with E-state index in [4.69, 9.17) is 4.74 Å². The van der Waals surface area contributed by atoms with E-state index in [-0.39, 0.29) is 24.8 Å². The molecule has 0 saturated carbocycles. The molecule has 0 bridgehead atoms. The number of rotatable bonds is 4. The van der Waals surface area contributed by atoms with Gasteiger partial charge in [-0.1, -0.05) is 60.4 Å². The average Bonchev–Trinajstić information content (AvgIpc) is 3.10. The minimum atomic E-state index is -0.549. The molecule has 0 aliphatic heterocycles. The number of carbonyl (C=O) groups excluding carboxylic acids is 2. The molecule has 30 heavy (non-hydrogen) atoms. The molecule has 0 spiro atoms. The van der Waals surface area contributed by atoms with Gasteiger partial charge >= 0.3 is 6.09 Å². The van der Waals surface area contributed by atoms with Crippen LogP contribution < -0.4 is 5.32 Å². The number of hydrogen-bond donors (Lipinski definition) is 2. The molecule has 5 heteroatoms. The molecule has 148 valence electrons. The third-order valence-corrected chi connectivity index (χ3v) is 5.05. The van der Waals surface area contributed by atoms with E-state index >= 15 is 0 Å². The number of phenols is 1. The Morgan fingerprint density at radius 2 is 1.70 bits per heavy atom. The van der Waals surface area contributed by atoms with E-state index in [0.29, 0.717) is 17.4 Å². The largest absolute Gasteiger partial charge is 0.508 e. The van der Waals surface area contributed by atoms with Gasteiger partial charge in [0.05, 0.1) is 6.54 Å². The van der Waals surface area contributed by atoms with Crippen LogP contribution >= 0.6 is 0 Å². The number of ether oxygens (including phenoxy) is 1. The average molecular weight is 397 g/mol. The fourth-order valence-corrected chi connectivity index (χ4v) is 3.67. The lowest BCUT2D eigenvalue weighted by Crippen LogP contribution is -2.26. The Kier molecular flexibility index (Phi) is 5.49. The molecule has 1 aliphatic carbocycles. The Labute approximate surface area is 174 Å². The molecule has 3 aromatic carbocycles. The fourth-order valence-electron chi connectivity index (χ4n) is 3.67. The van der Waals surface area contributed by atoms with Gasteiger partial charge in [-0.2, -0.15) is 0 Å². The first-order valence-electron chi connectivity index (χ1n) is 9.53. The zero-order valence-electron chi connectivity index (χ0n) is 16.1. The Morgan fingerprint density at radius 3 is 2.37 bits per heavy atom. The van der Waals surface area contributed by atoms with Gasteiger partial charge in [0.1, 0.15) is 12.4 Å². The van der Waals surface area contributed by atoms with Crippen molar-refractivity contribution in [2.24, 2.45) is 0 Å². The van der Waals surface area contributed by atoms with Crippen LogP contribution in [0.4, 0.5) is 4.79 Å². The van der Waals surface area contributed by atoms with Crippen molar-refractivity contribution in [2.45, 2.75) is 5.92 Å². The van der Waals surface area contributed by atoms with Crippen molar-refractivity contribution in [3.8, 4) is 28.7 Å². The SMILES string of the molecule is O=Cc1cc(O)ccc1C#CCNC(=O)OCC1c2ccccc2-c2ccccc21. The van der Waals surface area contributed by atoms with Gasteiger partial charge in [0, 0.05) is 17.0 Å². The number of aldehydes is 1. The molecule has 3 aromatic rings. The molecule has 2 N–H and O–H groups in total. The molecule has 0 unspecified atom stereocenters. The minimum Gasteiger partial charge on any atom is -0.508 e. The first kappa shape index (κ1) is 19.3. The summed E-state index contributed by atoms with van der Waals surface area (Å²) in [5.41, 5.74) is 5.43. The van der Waals surface area contributed by atoms with Crippen LogP contribution in [0.1, 0.15) is 33.0 Å². The van der Waals surface area contributed by atoms with Gasteiger partial charge in [0.25, 0.3) is 0 Å².